The molecular formula is C20H19ClN2O3. The second kappa shape index (κ2) is 8.06. The first-order valence-electron chi connectivity index (χ1n) is 8.23. The van der Waals surface area contributed by atoms with Crippen molar-refractivity contribution in [2.24, 2.45) is 0 Å². The SMILES string of the molecule is COC(=O)CC(NC(=O)Cc1c[nH]c2ccccc12)c1ccc(Cl)cc1. The maximum Gasteiger partial charge on any atom is 0.307 e. The summed E-state index contributed by atoms with van der Waals surface area (Å²) in [5.74, 6) is -0.559. The minimum atomic E-state index is -0.475. The van der Waals surface area contributed by atoms with Gasteiger partial charge in [0.05, 0.1) is 26.0 Å². The number of fused-ring (bicyclic) bond motifs is 1. The van der Waals surface area contributed by atoms with Gasteiger partial charge in [-0.15, -0.1) is 0 Å². The van der Waals surface area contributed by atoms with Gasteiger partial charge in [-0.2, -0.15) is 0 Å². The van der Waals surface area contributed by atoms with Crippen LogP contribution in [0.5, 0.6) is 0 Å². The van der Waals surface area contributed by atoms with Gasteiger partial charge in [-0.05, 0) is 29.3 Å². The molecule has 3 rings (SSSR count). The third-order valence-electron chi connectivity index (χ3n) is 4.23. The van der Waals surface area contributed by atoms with Crippen LogP contribution in [0.3, 0.4) is 0 Å². The van der Waals surface area contributed by atoms with Crippen molar-refractivity contribution in [3.05, 3.63) is 70.9 Å². The van der Waals surface area contributed by atoms with Crippen LogP contribution in [-0.2, 0) is 20.7 Å². The molecular weight excluding hydrogens is 352 g/mol. The molecule has 5 nitrogen and oxygen atoms in total. The van der Waals surface area contributed by atoms with Crippen molar-refractivity contribution in [2.75, 3.05) is 7.11 Å². The van der Waals surface area contributed by atoms with Crippen molar-refractivity contribution in [3.8, 4) is 0 Å². The van der Waals surface area contributed by atoms with E-state index in [-0.39, 0.29) is 18.7 Å². The lowest BCUT2D eigenvalue weighted by atomic mass is 10.0. The highest BCUT2D eigenvalue weighted by molar-refractivity contribution is 6.30. The van der Waals surface area contributed by atoms with Crippen LogP contribution < -0.4 is 5.32 Å². The molecule has 0 aliphatic rings. The van der Waals surface area contributed by atoms with Crippen LogP contribution in [0, 0.1) is 0 Å². The van der Waals surface area contributed by atoms with Gasteiger partial charge >= 0.3 is 5.97 Å². The monoisotopic (exact) mass is 370 g/mol. The second-order valence-electron chi connectivity index (χ2n) is 5.99. The molecule has 26 heavy (non-hydrogen) atoms. The number of aromatic amines is 1. The third-order valence-corrected chi connectivity index (χ3v) is 4.48. The number of aromatic nitrogens is 1. The molecule has 0 spiro atoms. The van der Waals surface area contributed by atoms with Crippen molar-refractivity contribution >= 4 is 34.4 Å². The highest BCUT2D eigenvalue weighted by atomic mass is 35.5. The van der Waals surface area contributed by atoms with Crippen LogP contribution in [0.25, 0.3) is 10.9 Å². The van der Waals surface area contributed by atoms with E-state index in [1.165, 1.54) is 7.11 Å². The van der Waals surface area contributed by atoms with Crippen LogP contribution in [0.15, 0.2) is 54.7 Å². The number of benzene rings is 2. The van der Waals surface area contributed by atoms with E-state index in [1.54, 1.807) is 24.3 Å². The second-order valence-corrected chi connectivity index (χ2v) is 6.42. The predicted octanol–water partition coefficient (Wildman–Crippen LogP) is 3.78. The van der Waals surface area contributed by atoms with Gasteiger partial charge in [-0.3, -0.25) is 9.59 Å². The van der Waals surface area contributed by atoms with E-state index < -0.39 is 12.0 Å². The number of rotatable bonds is 6. The zero-order valence-corrected chi connectivity index (χ0v) is 15.0. The van der Waals surface area contributed by atoms with Crippen molar-refractivity contribution in [2.45, 2.75) is 18.9 Å². The first kappa shape index (κ1) is 18.0. The van der Waals surface area contributed by atoms with Crippen LogP contribution in [-0.4, -0.2) is 24.0 Å². The molecule has 1 unspecified atom stereocenters. The van der Waals surface area contributed by atoms with E-state index in [9.17, 15) is 9.59 Å². The number of hydrogen-bond donors (Lipinski definition) is 2. The van der Waals surface area contributed by atoms with E-state index in [1.807, 2.05) is 30.5 Å². The normalized spacial score (nSPS) is 11.9. The molecule has 0 radical (unpaired) electrons. The van der Waals surface area contributed by atoms with Crippen molar-refractivity contribution in [3.63, 3.8) is 0 Å². The molecule has 134 valence electrons. The summed E-state index contributed by atoms with van der Waals surface area (Å²) in [6.45, 7) is 0. The third kappa shape index (κ3) is 4.24. The molecule has 0 bridgehead atoms. The fourth-order valence-corrected chi connectivity index (χ4v) is 3.02. The Morgan fingerprint density at radius 2 is 1.88 bits per heavy atom. The van der Waals surface area contributed by atoms with Crippen molar-refractivity contribution < 1.29 is 14.3 Å². The Kier molecular flexibility index (Phi) is 5.58. The number of hydrogen-bond acceptors (Lipinski definition) is 3. The van der Waals surface area contributed by atoms with Crippen molar-refractivity contribution in [1.29, 1.82) is 0 Å². The quantitative estimate of drug-likeness (QED) is 0.648. The lowest BCUT2D eigenvalue weighted by molar-refractivity contribution is -0.141. The molecule has 2 N–H and O–H groups in total. The number of H-pyrrole nitrogens is 1. The fraction of sp³-hybridized carbons (Fsp3) is 0.200. The Hall–Kier alpha value is -2.79. The van der Waals surface area contributed by atoms with E-state index in [0.29, 0.717) is 5.02 Å². The Morgan fingerprint density at radius 3 is 2.62 bits per heavy atom. The average molecular weight is 371 g/mol. The fourth-order valence-electron chi connectivity index (χ4n) is 2.89. The maximum absolute atomic E-state index is 12.6. The summed E-state index contributed by atoms with van der Waals surface area (Å²) in [6.07, 6.45) is 2.11. The van der Waals surface area contributed by atoms with Crippen LogP contribution in [0.2, 0.25) is 5.02 Å². The molecule has 1 heterocycles. The molecule has 0 saturated heterocycles. The number of carbonyl (C=O) groups excluding carboxylic acids is 2. The molecule has 2 aromatic carbocycles. The van der Waals surface area contributed by atoms with Crippen molar-refractivity contribution in [1.82, 2.24) is 10.3 Å². The highest BCUT2D eigenvalue weighted by Gasteiger charge is 2.19. The Morgan fingerprint density at radius 1 is 1.15 bits per heavy atom. The first-order valence-corrected chi connectivity index (χ1v) is 8.61. The van der Waals surface area contributed by atoms with Crippen LogP contribution in [0.4, 0.5) is 0 Å². The summed E-state index contributed by atoms with van der Waals surface area (Å²) in [7, 11) is 1.33. The lowest BCUT2D eigenvalue weighted by Gasteiger charge is -2.18. The average Bonchev–Trinajstić information content (AvgIpc) is 3.04. The number of ether oxygens (including phenoxy) is 1. The summed E-state index contributed by atoms with van der Waals surface area (Å²) >= 11 is 5.92. The number of esters is 1. The number of amides is 1. The molecule has 3 aromatic rings. The Balaban J connectivity index is 1.76. The minimum Gasteiger partial charge on any atom is -0.469 e. The van der Waals surface area contributed by atoms with Gasteiger partial charge in [-0.25, -0.2) is 0 Å². The Bertz CT molecular complexity index is 918. The molecule has 0 fully saturated rings. The van der Waals surface area contributed by atoms with E-state index in [0.717, 1.165) is 22.0 Å². The van der Waals surface area contributed by atoms with E-state index >= 15 is 0 Å². The number of methoxy groups -OCH3 is 1. The van der Waals surface area contributed by atoms with Gasteiger partial charge in [0.1, 0.15) is 0 Å². The standard InChI is InChI=1S/C20H19ClN2O3/c1-26-20(25)11-18(13-6-8-15(21)9-7-13)23-19(24)10-14-12-22-17-5-3-2-4-16(14)17/h2-9,12,18,22H,10-11H2,1H3,(H,23,24). The van der Waals surface area contributed by atoms with Gasteiger partial charge in [-0.1, -0.05) is 41.9 Å². The van der Waals surface area contributed by atoms with Gasteiger partial charge in [0.15, 0.2) is 0 Å². The molecule has 0 aliphatic heterocycles. The summed E-state index contributed by atoms with van der Waals surface area (Å²) in [5.41, 5.74) is 2.69. The van der Waals surface area contributed by atoms with Gasteiger partial charge in [0.2, 0.25) is 5.91 Å². The van der Waals surface area contributed by atoms with Gasteiger partial charge < -0.3 is 15.0 Å². The maximum atomic E-state index is 12.6. The predicted molar refractivity (Wildman–Crippen MR) is 101 cm³/mol. The smallest absolute Gasteiger partial charge is 0.307 e. The zero-order chi connectivity index (χ0) is 18.5. The minimum absolute atomic E-state index is 0.0533. The summed E-state index contributed by atoms with van der Waals surface area (Å²) in [4.78, 5) is 27.5. The molecule has 1 amide bonds. The van der Waals surface area contributed by atoms with E-state index in [2.05, 4.69) is 10.3 Å². The number of para-hydroxylation sites is 1. The summed E-state index contributed by atoms with van der Waals surface area (Å²) < 4.78 is 4.75. The van der Waals surface area contributed by atoms with Gasteiger partial charge in [0, 0.05) is 22.1 Å². The largest absolute Gasteiger partial charge is 0.469 e. The van der Waals surface area contributed by atoms with Crippen LogP contribution >= 0.6 is 11.6 Å². The van der Waals surface area contributed by atoms with E-state index in [4.69, 9.17) is 16.3 Å². The van der Waals surface area contributed by atoms with Gasteiger partial charge in [0.25, 0.3) is 0 Å². The molecule has 0 aliphatic carbocycles. The summed E-state index contributed by atoms with van der Waals surface area (Å²) in [6, 6.07) is 14.4. The molecule has 0 saturated carbocycles. The molecule has 6 heteroatoms. The number of nitrogens with one attached hydrogen (secondary N) is 2. The topological polar surface area (TPSA) is 71.2 Å². The highest BCUT2D eigenvalue weighted by Crippen LogP contribution is 2.22. The molecule has 1 aromatic heterocycles. The van der Waals surface area contributed by atoms with Crippen LogP contribution in [0.1, 0.15) is 23.6 Å². The Labute approximate surface area is 156 Å². The lowest BCUT2D eigenvalue weighted by Crippen LogP contribution is -2.31. The summed E-state index contributed by atoms with van der Waals surface area (Å²) in [5, 5.41) is 4.53. The molecule has 1 atom stereocenters. The number of carbonyl (C=O) groups is 2. The zero-order valence-electron chi connectivity index (χ0n) is 14.3. The first-order chi connectivity index (χ1) is 12.6. The number of halogens is 1.